The van der Waals surface area contributed by atoms with Crippen molar-refractivity contribution in [3.63, 3.8) is 0 Å². The van der Waals surface area contributed by atoms with Crippen LogP contribution in [0.3, 0.4) is 0 Å². The summed E-state index contributed by atoms with van der Waals surface area (Å²) in [4.78, 5) is 12.8. The molecule has 2 rings (SSSR count). The molecule has 1 N–H and O–H groups in total. The molecule has 2 aromatic rings. The molecule has 0 unspecified atom stereocenters. The molecule has 20 heavy (non-hydrogen) atoms. The van der Waals surface area contributed by atoms with Crippen LogP contribution in [0.5, 0.6) is 0 Å². The van der Waals surface area contributed by atoms with E-state index in [0.29, 0.717) is 10.5 Å². The second-order valence-corrected chi connectivity index (χ2v) is 5.25. The number of benzene rings is 2. The predicted octanol–water partition coefficient (Wildman–Crippen LogP) is 4.57. The third-order valence-corrected chi connectivity index (χ3v) is 3.57. The summed E-state index contributed by atoms with van der Waals surface area (Å²) in [6.07, 6.45) is 3.47. The van der Waals surface area contributed by atoms with Crippen LogP contribution in [0.4, 0.5) is 5.69 Å². The molecule has 0 aliphatic carbocycles. The SMILES string of the molecule is CCCCc1ccc(NC(=O)c2ccccc2S)cc1. The Bertz CT molecular complexity index is 578. The molecule has 0 spiro atoms. The number of nitrogens with one attached hydrogen (secondary N) is 1. The van der Waals surface area contributed by atoms with Crippen LogP contribution in [-0.2, 0) is 6.42 Å². The van der Waals surface area contributed by atoms with Gasteiger partial charge in [0.05, 0.1) is 5.56 Å². The van der Waals surface area contributed by atoms with Crippen molar-refractivity contribution >= 4 is 24.2 Å². The lowest BCUT2D eigenvalue weighted by Gasteiger charge is -2.08. The fourth-order valence-electron chi connectivity index (χ4n) is 2.00. The van der Waals surface area contributed by atoms with Crippen molar-refractivity contribution in [3.8, 4) is 0 Å². The van der Waals surface area contributed by atoms with E-state index in [4.69, 9.17) is 0 Å². The second kappa shape index (κ2) is 7.15. The highest BCUT2D eigenvalue weighted by atomic mass is 32.1. The van der Waals surface area contributed by atoms with Crippen LogP contribution in [-0.4, -0.2) is 5.91 Å². The molecule has 2 nitrogen and oxygen atoms in total. The van der Waals surface area contributed by atoms with Crippen molar-refractivity contribution in [3.05, 3.63) is 59.7 Å². The van der Waals surface area contributed by atoms with Gasteiger partial charge in [-0.05, 0) is 42.7 Å². The Hall–Kier alpha value is -1.74. The first kappa shape index (κ1) is 14.7. The maximum atomic E-state index is 12.1. The highest BCUT2D eigenvalue weighted by Gasteiger charge is 2.08. The Balaban J connectivity index is 2.03. The summed E-state index contributed by atoms with van der Waals surface area (Å²) >= 11 is 4.30. The number of carbonyl (C=O) groups excluding carboxylic acids is 1. The highest BCUT2D eigenvalue weighted by molar-refractivity contribution is 7.80. The number of thiol groups is 1. The zero-order valence-corrected chi connectivity index (χ0v) is 12.5. The summed E-state index contributed by atoms with van der Waals surface area (Å²) in [6.45, 7) is 2.18. The van der Waals surface area contributed by atoms with Crippen LogP contribution >= 0.6 is 12.6 Å². The van der Waals surface area contributed by atoms with E-state index >= 15 is 0 Å². The number of rotatable bonds is 5. The molecule has 0 aromatic heterocycles. The van der Waals surface area contributed by atoms with Gasteiger partial charge in [0.2, 0.25) is 0 Å². The van der Waals surface area contributed by atoms with E-state index < -0.39 is 0 Å². The first-order valence-corrected chi connectivity index (χ1v) is 7.33. The number of hydrogen-bond acceptors (Lipinski definition) is 2. The second-order valence-electron chi connectivity index (χ2n) is 4.77. The summed E-state index contributed by atoms with van der Waals surface area (Å²) in [5.74, 6) is -0.128. The molecule has 2 aromatic carbocycles. The average Bonchev–Trinajstić information content (AvgIpc) is 2.47. The summed E-state index contributed by atoms with van der Waals surface area (Å²) in [5, 5.41) is 2.89. The van der Waals surface area contributed by atoms with Gasteiger partial charge in [0.15, 0.2) is 0 Å². The van der Waals surface area contributed by atoms with Gasteiger partial charge in [-0.2, -0.15) is 0 Å². The molecule has 0 atom stereocenters. The van der Waals surface area contributed by atoms with E-state index in [0.717, 1.165) is 12.1 Å². The van der Waals surface area contributed by atoms with E-state index in [1.807, 2.05) is 30.3 Å². The molecule has 3 heteroatoms. The topological polar surface area (TPSA) is 29.1 Å². The van der Waals surface area contributed by atoms with Crippen molar-refractivity contribution in [2.75, 3.05) is 5.32 Å². The van der Waals surface area contributed by atoms with Crippen LogP contribution in [0.2, 0.25) is 0 Å². The van der Waals surface area contributed by atoms with Crippen LogP contribution in [0.15, 0.2) is 53.4 Å². The third-order valence-electron chi connectivity index (χ3n) is 3.18. The number of hydrogen-bond donors (Lipinski definition) is 2. The third kappa shape index (κ3) is 3.87. The predicted molar refractivity (Wildman–Crippen MR) is 86.7 cm³/mol. The van der Waals surface area contributed by atoms with Crippen molar-refractivity contribution in [1.29, 1.82) is 0 Å². The van der Waals surface area contributed by atoms with E-state index in [1.165, 1.54) is 18.4 Å². The van der Waals surface area contributed by atoms with Crippen LogP contribution in [0.25, 0.3) is 0 Å². The zero-order valence-electron chi connectivity index (χ0n) is 11.6. The van der Waals surface area contributed by atoms with Crippen molar-refractivity contribution in [2.24, 2.45) is 0 Å². The van der Waals surface area contributed by atoms with Crippen molar-refractivity contribution < 1.29 is 4.79 Å². The van der Waals surface area contributed by atoms with Crippen LogP contribution < -0.4 is 5.32 Å². The molecule has 104 valence electrons. The summed E-state index contributed by atoms with van der Waals surface area (Å²) in [5.41, 5.74) is 2.71. The lowest BCUT2D eigenvalue weighted by molar-refractivity contribution is 0.102. The Kier molecular flexibility index (Phi) is 5.24. The number of anilines is 1. The van der Waals surface area contributed by atoms with Gasteiger partial charge in [-0.15, -0.1) is 12.6 Å². The Morgan fingerprint density at radius 1 is 1.10 bits per heavy atom. The number of carbonyl (C=O) groups is 1. The van der Waals surface area contributed by atoms with Gasteiger partial charge in [-0.3, -0.25) is 4.79 Å². The van der Waals surface area contributed by atoms with Crippen LogP contribution in [0.1, 0.15) is 35.7 Å². The molecule has 0 bridgehead atoms. The standard InChI is InChI=1S/C17H19NOS/c1-2-3-6-13-9-11-14(12-10-13)18-17(19)15-7-4-5-8-16(15)20/h4-5,7-12,20H,2-3,6H2,1H3,(H,18,19). The molecule has 0 heterocycles. The normalized spacial score (nSPS) is 10.3. The summed E-state index contributed by atoms with van der Waals surface area (Å²) in [7, 11) is 0. The number of amides is 1. The van der Waals surface area contributed by atoms with Gasteiger partial charge in [0, 0.05) is 10.6 Å². The zero-order chi connectivity index (χ0) is 14.4. The first-order chi connectivity index (χ1) is 9.70. The van der Waals surface area contributed by atoms with E-state index in [2.05, 4.69) is 37.0 Å². The van der Waals surface area contributed by atoms with E-state index in [9.17, 15) is 4.79 Å². The molecular formula is C17H19NOS. The minimum atomic E-state index is -0.128. The minimum Gasteiger partial charge on any atom is -0.322 e. The summed E-state index contributed by atoms with van der Waals surface area (Å²) in [6, 6.07) is 15.3. The quantitative estimate of drug-likeness (QED) is 0.774. The highest BCUT2D eigenvalue weighted by Crippen LogP contribution is 2.16. The maximum Gasteiger partial charge on any atom is 0.256 e. The Morgan fingerprint density at radius 2 is 1.80 bits per heavy atom. The molecule has 0 saturated carbocycles. The monoisotopic (exact) mass is 285 g/mol. The molecule has 0 saturated heterocycles. The summed E-state index contributed by atoms with van der Waals surface area (Å²) < 4.78 is 0. The number of aryl methyl sites for hydroxylation is 1. The van der Waals surface area contributed by atoms with Crippen molar-refractivity contribution in [2.45, 2.75) is 31.1 Å². The molecule has 0 radical (unpaired) electrons. The Morgan fingerprint density at radius 3 is 2.45 bits per heavy atom. The molecular weight excluding hydrogens is 266 g/mol. The Labute approximate surface area is 125 Å². The average molecular weight is 285 g/mol. The number of unbranched alkanes of at least 4 members (excludes halogenated alkanes) is 1. The molecule has 1 amide bonds. The molecule has 0 fully saturated rings. The first-order valence-electron chi connectivity index (χ1n) is 6.89. The van der Waals surface area contributed by atoms with Gasteiger partial charge in [0.25, 0.3) is 5.91 Å². The van der Waals surface area contributed by atoms with Gasteiger partial charge in [0.1, 0.15) is 0 Å². The largest absolute Gasteiger partial charge is 0.322 e. The lowest BCUT2D eigenvalue weighted by Crippen LogP contribution is -2.12. The maximum absolute atomic E-state index is 12.1. The fraction of sp³-hybridized carbons (Fsp3) is 0.235. The van der Waals surface area contributed by atoms with Gasteiger partial charge >= 0.3 is 0 Å². The van der Waals surface area contributed by atoms with E-state index in [-0.39, 0.29) is 5.91 Å². The smallest absolute Gasteiger partial charge is 0.256 e. The fourth-order valence-corrected chi connectivity index (χ4v) is 2.26. The molecule has 0 aliphatic heterocycles. The van der Waals surface area contributed by atoms with Crippen LogP contribution in [0, 0.1) is 0 Å². The minimum absolute atomic E-state index is 0.128. The van der Waals surface area contributed by atoms with Gasteiger partial charge < -0.3 is 5.32 Å². The van der Waals surface area contributed by atoms with Gasteiger partial charge in [-0.25, -0.2) is 0 Å². The van der Waals surface area contributed by atoms with Gasteiger partial charge in [-0.1, -0.05) is 37.6 Å². The lowest BCUT2D eigenvalue weighted by atomic mass is 10.1. The van der Waals surface area contributed by atoms with E-state index in [1.54, 1.807) is 6.07 Å². The van der Waals surface area contributed by atoms with Crippen molar-refractivity contribution in [1.82, 2.24) is 0 Å². The molecule has 0 aliphatic rings.